The molecule has 4 atom stereocenters. The number of benzene rings is 3. The Bertz CT molecular complexity index is 2070. The zero-order chi connectivity index (χ0) is 40.2. The Kier molecular flexibility index (Phi) is 16.4. The van der Waals surface area contributed by atoms with Crippen LogP contribution >= 0.6 is 23.5 Å². The largest absolute Gasteiger partial charge is 0.756 e. The molecule has 1 amide bonds. The van der Waals surface area contributed by atoms with E-state index in [-0.39, 0.29) is 49.2 Å². The molecule has 302 valence electrons. The third-order valence-electron chi connectivity index (χ3n) is 7.79. The minimum Gasteiger partial charge on any atom is -0.756 e. The number of unbranched alkanes of at least 4 members (excludes halogenated alkanes) is 1. The molecule has 0 aromatic heterocycles. The first-order valence-corrected chi connectivity index (χ1v) is 21.7. The average molecular weight is 827 g/mol. The molecule has 2 aliphatic rings. The van der Waals surface area contributed by atoms with Gasteiger partial charge in [0.15, 0.2) is 5.43 Å². The molecule has 0 fully saturated rings. The summed E-state index contributed by atoms with van der Waals surface area (Å²) < 4.78 is 70.3. The van der Waals surface area contributed by atoms with E-state index in [0.717, 1.165) is 0 Å². The number of hydrogen-bond donors (Lipinski definition) is 2. The quantitative estimate of drug-likeness (QED) is 0.0569. The second kappa shape index (κ2) is 20.2. The molecular weight excluding hydrogens is 783 g/mol. The van der Waals surface area contributed by atoms with Gasteiger partial charge in [-0.15, -0.1) is 0 Å². The molecule has 55 heavy (non-hydrogen) atoms. The molecule has 0 saturated heterocycles. The van der Waals surface area contributed by atoms with Gasteiger partial charge in [0.1, 0.15) is 17.1 Å². The molecule has 1 heterocycles. The van der Waals surface area contributed by atoms with E-state index < -0.39 is 55.8 Å². The molecule has 0 saturated carbocycles. The van der Waals surface area contributed by atoms with E-state index in [2.05, 4.69) is 23.4 Å². The van der Waals surface area contributed by atoms with E-state index in [4.69, 9.17) is 13.5 Å². The Morgan fingerprint density at radius 3 is 2.13 bits per heavy atom. The van der Waals surface area contributed by atoms with Crippen molar-refractivity contribution in [2.45, 2.75) is 40.0 Å². The molecule has 0 radical (unpaired) electrons. The van der Waals surface area contributed by atoms with Crippen molar-refractivity contribution in [3.8, 4) is 28.2 Å². The number of phosphoric ester groups is 3. The van der Waals surface area contributed by atoms with Gasteiger partial charge in [-0.2, -0.15) is 0 Å². The molecule has 4 rings (SSSR count). The minimum absolute atomic E-state index is 0.0172. The monoisotopic (exact) mass is 826 g/mol. The number of hydrogen-bond acceptors (Lipinski definition) is 16. The van der Waals surface area contributed by atoms with Gasteiger partial charge < -0.3 is 56.7 Å². The zero-order valence-corrected chi connectivity index (χ0v) is 33.1. The predicted octanol–water partition coefficient (Wildman–Crippen LogP) is 4.97. The van der Waals surface area contributed by atoms with Crippen molar-refractivity contribution in [1.29, 1.82) is 0 Å². The number of amides is 1. The second-order valence-corrected chi connectivity index (χ2v) is 17.0. The maximum absolute atomic E-state index is 13.2. The summed E-state index contributed by atoms with van der Waals surface area (Å²) in [6.45, 7) is 2.49. The van der Waals surface area contributed by atoms with Gasteiger partial charge in [0.2, 0.25) is 0 Å². The van der Waals surface area contributed by atoms with Gasteiger partial charge >= 0.3 is 0 Å². The highest BCUT2D eigenvalue weighted by Crippen LogP contribution is 2.43. The summed E-state index contributed by atoms with van der Waals surface area (Å²) in [5, 5.41) is 13.5. The third kappa shape index (κ3) is 14.3. The van der Waals surface area contributed by atoms with Gasteiger partial charge in [-0.1, -0.05) is 32.4 Å². The molecule has 1 aliphatic heterocycles. The topological polar surface area (TPSA) is 255 Å². The Hall–Kier alpha value is -3.27. The van der Waals surface area contributed by atoms with Crippen LogP contribution in [0.3, 0.4) is 0 Å². The summed E-state index contributed by atoms with van der Waals surface area (Å²) in [6.07, 6.45) is 1.02. The Morgan fingerprint density at radius 1 is 0.818 bits per heavy atom. The standard InChI is InChI=1S/C35H46NO16P3/c1-4-46-53(40,41)50-22-25(23-51-55(44,45)48-17-16-47-54(42,43)49-21-24(2)3)8-5-6-15-36-35(39)27-10-7-9-26(18-27)34-30-13-11-28(37)19-32(30)52-33-20-29(38)12-14-31(33)34/h7,9-14,18-20,24-25,37H,4-6,8,15-17,21-23H2,1-3H3,(H,36,39)(H,40,41)(H,42,43)(H,44,45)/p-3. The highest BCUT2D eigenvalue weighted by molar-refractivity contribution is 7.46. The minimum atomic E-state index is -4.97. The van der Waals surface area contributed by atoms with E-state index in [0.29, 0.717) is 51.8 Å². The van der Waals surface area contributed by atoms with Crippen molar-refractivity contribution in [1.82, 2.24) is 5.32 Å². The van der Waals surface area contributed by atoms with Crippen molar-refractivity contribution in [3.05, 3.63) is 76.5 Å². The first-order chi connectivity index (χ1) is 26.0. The number of aromatic hydroxyl groups is 1. The molecule has 0 spiro atoms. The highest BCUT2D eigenvalue weighted by atomic mass is 31.2. The lowest BCUT2D eigenvalue weighted by Gasteiger charge is -2.28. The first kappa shape index (κ1) is 44.4. The summed E-state index contributed by atoms with van der Waals surface area (Å²) in [5.74, 6) is -0.938. The summed E-state index contributed by atoms with van der Waals surface area (Å²) in [5.41, 5.74) is 2.46. The molecule has 2 aromatic carbocycles. The summed E-state index contributed by atoms with van der Waals surface area (Å²) in [4.78, 5) is 61.3. The first-order valence-electron chi connectivity index (χ1n) is 17.4. The van der Waals surface area contributed by atoms with Gasteiger partial charge in [-0.25, -0.2) is 0 Å². The summed E-state index contributed by atoms with van der Waals surface area (Å²) >= 11 is 0. The molecule has 17 nitrogen and oxygen atoms in total. The van der Waals surface area contributed by atoms with Crippen LogP contribution in [-0.4, -0.2) is 57.2 Å². The van der Waals surface area contributed by atoms with E-state index in [1.54, 1.807) is 44.2 Å². The Labute approximate surface area is 317 Å². The van der Waals surface area contributed by atoms with Crippen LogP contribution in [0.2, 0.25) is 0 Å². The maximum atomic E-state index is 13.2. The van der Waals surface area contributed by atoms with E-state index in [1.807, 2.05) is 6.07 Å². The lowest BCUT2D eigenvalue weighted by Crippen LogP contribution is -2.25. The van der Waals surface area contributed by atoms with Crippen LogP contribution in [0.25, 0.3) is 33.4 Å². The van der Waals surface area contributed by atoms with E-state index >= 15 is 0 Å². The van der Waals surface area contributed by atoms with Gasteiger partial charge in [-0.05, 0) is 67.6 Å². The number of phosphoric acid groups is 3. The molecule has 4 unspecified atom stereocenters. The molecule has 20 heteroatoms. The van der Waals surface area contributed by atoms with E-state index in [9.17, 15) is 43.1 Å². The van der Waals surface area contributed by atoms with Gasteiger partial charge in [0.05, 0.1) is 39.6 Å². The number of phenols is 1. The second-order valence-electron chi connectivity index (χ2n) is 12.7. The van der Waals surface area contributed by atoms with Crippen LogP contribution in [0.1, 0.15) is 50.4 Å². The van der Waals surface area contributed by atoms with Crippen molar-refractivity contribution in [3.63, 3.8) is 0 Å². The van der Waals surface area contributed by atoms with Gasteiger partial charge in [-0.3, -0.25) is 23.3 Å². The molecule has 2 aromatic rings. The van der Waals surface area contributed by atoms with Crippen molar-refractivity contribution < 1.29 is 69.8 Å². The fourth-order valence-electron chi connectivity index (χ4n) is 5.26. The number of nitrogens with one attached hydrogen (secondary N) is 1. The molecular formula is C35H43NO16P3-3. The number of rotatable bonds is 23. The van der Waals surface area contributed by atoms with Gasteiger partial charge in [0, 0.05) is 46.7 Å². The fraction of sp³-hybridized carbons (Fsp3) is 0.429. The molecule has 2 N–H and O–H groups in total. The van der Waals surface area contributed by atoms with Crippen molar-refractivity contribution in [2.24, 2.45) is 11.8 Å². The van der Waals surface area contributed by atoms with E-state index in [1.165, 1.54) is 31.2 Å². The van der Waals surface area contributed by atoms with Crippen LogP contribution < -0.4 is 25.4 Å². The van der Waals surface area contributed by atoms with Crippen LogP contribution in [-0.2, 0) is 40.8 Å². The number of fused-ring (bicyclic) bond motifs is 2. The van der Waals surface area contributed by atoms with Crippen LogP contribution in [0, 0.1) is 11.8 Å². The number of carbonyl (C=O) groups is 1. The van der Waals surface area contributed by atoms with Crippen LogP contribution in [0.5, 0.6) is 5.75 Å². The van der Waals surface area contributed by atoms with Crippen molar-refractivity contribution >= 4 is 40.3 Å². The SMILES string of the molecule is CCOP(=O)([O-])OCC(CCCCNC(=O)c1cccc(-c2c3ccc(=O)cc-3oc3cc(O)ccc23)c1)COP(=O)([O-])OCCOP(=O)([O-])OCC(C)C. The maximum Gasteiger partial charge on any atom is 0.267 e. The third-order valence-corrected chi connectivity index (χ3v) is 10.8. The highest BCUT2D eigenvalue weighted by Gasteiger charge is 2.21. The Balaban J connectivity index is 1.33. The molecule has 0 bridgehead atoms. The summed E-state index contributed by atoms with van der Waals surface area (Å²) in [7, 11) is -14.3. The lowest BCUT2D eigenvalue weighted by molar-refractivity contribution is -0.234. The Morgan fingerprint density at radius 2 is 1.47 bits per heavy atom. The van der Waals surface area contributed by atoms with Gasteiger partial charge in [0.25, 0.3) is 29.4 Å². The van der Waals surface area contributed by atoms with Crippen molar-refractivity contribution in [2.75, 3.05) is 46.2 Å². The fourth-order valence-corrected chi connectivity index (χ4v) is 7.67. The predicted molar refractivity (Wildman–Crippen MR) is 195 cm³/mol. The number of phenolic OH excluding ortho intramolecular Hbond substituents is 1. The normalized spacial score (nSPS) is 15.8. The summed E-state index contributed by atoms with van der Waals surface area (Å²) in [6, 6.07) is 15.9. The van der Waals surface area contributed by atoms with Crippen LogP contribution in [0.15, 0.2) is 69.9 Å². The van der Waals surface area contributed by atoms with Crippen LogP contribution in [0.4, 0.5) is 0 Å². The zero-order valence-electron chi connectivity index (χ0n) is 30.4. The smallest absolute Gasteiger partial charge is 0.267 e. The average Bonchev–Trinajstić information content (AvgIpc) is 3.12. The molecule has 1 aliphatic carbocycles. The lowest BCUT2D eigenvalue weighted by atomic mass is 9.92. The number of carbonyl (C=O) groups excluding carboxylic acids is 1.